The van der Waals surface area contributed by atoms with Gasteiger partial charge in [0.05, 0.1) is 18.1 Å². The molecule has 1 N–H and O–H groups in total. The third-order valence-electron chi connectivity index (χ3n) is 2.95. The zero-order valence-corrected chi connectivity index (χ0v) is 12.9. The van der Waals surface area contributed by atoms with Crippen molar-refractivity contribution >= 4 is 11.5 Å². The second kappa shape index (κ2) is 9.30. The molecule has 0 amide bonds. The molecule has 0 aliphatic rings. The van der Waals surface area contributed by atoms with E-state index >= 15 is 0 Å². The fourth-order valence-electron chi connectivity index (χ4n) is 1.99. The van der Waals surface area contributed by atoms with Crippen molar-refractivity contribution in [3.05, 3.63) is 15.8 Å². The third-order valence-corrected chi connectivity index (χ3v) is 2.95. The van der Waals surface area contributed by atoms with Crippen LogP contribution in [-0.2, 0) is 22.9 Å². The molecule has 21 heavy (non-hydrogen) atoms. The summed E-state index contributed by atoms with van der Waals surface area (Å²) < 4.78 is 11.8. The van der Waals surface area contributed by atoms with Crippen LogP contribution in [0.4, 0.5) is 11.5 Å². The van der Waals surface area contributed by atoms with E-state index in [2.05, 4.69) is 10.4 Å². The van der Waals surface area contributed by atoms with Gasteiger partial charge in [0.1, 0.15) is 5.69 Å². The van der Waals surface area contributed by atoms with E-state index in [9.17, 15) is 10.1 Å². The maximum atomic E-state index is 11.2. The molecular weight excluding hydrogens is 276 g/mol. The molecule has 1 aromatic rings. The fraction of sp³-hybridized carbons (Fsp3) is 0.769. The van der Waals surface area contributed by atoms with Gasteiger partial charge < -0.3 is 14.8 Å². The minimum atomic E-state index is -0.366. The molecule has 1 heterocycles. The SMILES string of the molecule is CCCc1nn(C)c(NCCCOCCOC)c1[N+](=O)[O-]. The number of hydrogen-bond donors (Lipinski definition) is 1. The fourth-order valence-corrected chi connectivity index (χ4v) is 1.99. The van der Waals surface area contributed by atoms with Gasteiger partial charge in [-0.1, -0.05) is 13.3 Å². The van der Waals surface area contributed by atoms with Crippen molar-refractivity contribution in [2.24, 2.45) is 7.05 Å². The van der Waals surface area contributed by atoms with E-state index in [0.29, 0.717) is 44.3 Å². The lowest BCUT2D eigenvalue weighted by Crippen LogP contribution is -2.11. The molecule has 0 radical (unpaired) electrons. The Balaban J connectivity index is 2.52. The predicted octanol–water partition coefficient (Wildman–Crippen LogP) is 1.75. The van der Waals surface area contributed by atoms with Crippen LogP contribution in [0, 0.1) is 10.1 Å². The highest BCUT2D eigenvalue weighted by molar-refractivity contribution is 5.59. The summed E-state index contributed by atoms with van der Waals surface area (Å²) in [6, 6.07) is 0. The van der Waals surface area contributed by atoms with Gasteiger partial charge in [0, 0.05) is 27.3 Å². The molecule has 1 rings (SSSR count). The molecule has 0 aliphatic heterocycles. The summed E-state index contributed by atoms with van der Waals surface area (Å²) in [5.74, 6) is 0.459. The Morgan fingerprint density at radius 3 is 2.76 bits per heavy atom. The molecular formula is C13H24N4O4. The van der Waals surface area contributed by atoms with Gasteiger partial charge in [-0.05, 0) is 12.8 Å². The van der Waals surface area contributed by atoms with E-state index in [4.69, 9.17) is 9.47 Å². The van der Waals surface area contributed by atoms with Gasteiger partial charge in [-0.2, -0.15) is 5.10 Å². The summed E-state index contributed by atoms with van der Waals surface area (Å²) >= 11 is 0. The number of nitrogens with one attached hydrogen (secondary N) is 1. The molecule has 0 unspecified atom stereocenters. The molecule has 0 fully saturated rings. The van der Waals surface area contributed by atoms with Gasteiger partial charge in [-0.3, -0.25) is 10.1 Å². The van der Waals surface area contributed by atoms with Gasteiger partial charge in [0.2, 0.25) is 5.82 Å². The van der Waals surface area contributed by atoms with Crippen molar-refractivity contribution in [1.29, 1.82) is 0 Å². The van der Waals surface area contributed by atoms with Crippen LogP contribution in [0.25, 0.3) is 0 Å². The van der Waals surface area contributed by atoms with Crippen molar-refractivity contribution in [1.82, 2.24) is 9.78 Å². The maximum absolute atomic E-state index is 11.2. The van der Waals surface area contributed by atoms with Gasteiger partial charge >= 0.3 is 5.69 Å². The number of rotatable bonds is 11. The number of hydrogen-bond acceptors (Lipinski definition) is 6. The Morgan fingerprint density at radius 1 is 1.38 bits per heavy atom. The van der Waals surface area contributed by atoms with E-state index in [-0.39, 0.29) is 10.6 Å². The van der Waals surface area contributed by atoms with Crippen molar-refractivity contribution in [3.63, 3.8) is 0 Å². The molecule has 1 aromatic heterocycles. The third kappa shape index (κ3) is 5.31. The Bertz CT molecular complexity index is 448. The van der Waals surface area contributed by atoms with Crippen molar-refractivity contribution < 1.29 is 14.4 Å². The molecule has 0 spiro atoms. The number of aryl methyl sites for hydroxylation is 2. The summed E-state index contributed by atoms with van der Waals surface area (Å²) in [4.78, 5) is 10.8. The van der Waals surface area contributed by atoms with Crippen LogP contribution in [0.3, 0.4) is 0 Å². The van der Waals surface area contributed by atoms with Gasteiger partial charge in [-0.25, -0.2) is 4.68 Å². The summed E-state index contributed by atoms with van der Waals surface area (Å²) in [6.07, 6.45) is 2.19. The zero-order valence-electron chi connectivity index (χ0n) is 12.9. The Kier molecular flexibility index (Phi) is 7.70. The van der Waals surface area contributed by atoms with Crippen LogP contribution >= 0.6 is 0 Å². The van der Waals surface area contributed by atoms with Gasteiger partial charge in [0.15, 0.2) is 0 Å². The Morgan fingerprint density at radius 2 is 2.14 bits per heavy atom. The van der Waals surface area contributed by atoms with Crippen molar-refractivity contribution in [2.75, 3.05) is 38.8 Å². The minimum Gasteiger partial charge on any atom is -0.382 e. The van der Waals surface area contributed by atoms with Crippen LogP contribution in [0.2, 0.25) is 0 Å². The standard InChI is InChI=1S/C13H24N4O4/c1-4-6-11-12(17(18)19)13(16(2)15-11)14-7-5-8-21-10-9-20-3/h14H,4-10H2,1-3H3. The Labute approximate surface area is 124 Å². The summed E-state index contributed by atoms with van der Waals surface area (Å²) in [6.45, 7) is 4.29. The zero-order chi connectivity index (χ0) is 15.7. The topological polar surface area (TPSA) is 91.5 Å². The van der Waals surface area contributed by atoms with E-state index < -0.39 is 0 Å². The lowest BCUT2D eigenvalue weighted by Gasteiger charge is -2.06. The number of aromatic nitrogens is 2. The van der Waals surface area contributed by atoms with Crippen molar-refractivity contribution in [2.45, 2.75) is 26.2 Å². The molecule has 8 heteroatoms. The van der Waals surface area contributed by atoms with E-state index in [1.807, 2.05) is 6.92 Å². The lowest BCUT2D eigenvalue weighted by atomic mass is 10.2. The van der Waals surface area contributed by atoms with E-state index in [1.165, 1.54) is 4.68 Å². The summed E-state index contributed by atoms with van der Waals surface area (Å²) in [5, 5.41) is 18.5. The first-order valence-corrected chi connectivity index (χ1v) is 7.12. The van der Waals surface area contributed by atoms with Gasteiger partial charge in [-0.15, -0.1) is 0 Å². The van der Waals surface area contributed by atoms with Crippen LogP contribution in [0.1, 0.15) is 25.5 Å². The molecule has 120 valence electrons. The normalized spacial score (nSPS) is 10.8. The largest absolute Gasteiger partial charge is 0.382 e. The maximum Gasteiger partial charge on any atom is 0.333 e. The summed E-state index contributed by atoms with van der Waals surface area (Å²) in [7, 11) is 3.34. The molecule has 0 saturated carbocycles. The van der Waals surface area contributed by atoms with Crippen LogP contribution < -0.4 is 5.32 Å². The van der Waals surface area contributed by atoms with Crippen LogP contribution in [-0.4, -0.2) is 48.2 Å². The predicted molar refractivity (Wildman–Crippen MR) is 79.7 cm³/mol. The second-order valence-electron chi connectivity index (χ2n) is 4.66. The van der Waals surface area contributed by atoms with E-state index in [0.717, 1.165) is 12.8 Å². The monoisotopic (exact) mass is 300 g/mol. The molecule has 0 saturated heterocycles. The quantitative estimate of drug-likeness (QED) is 0.380. The van der Waals surface area contributed by atoms with E-state index in [1.54, 1.807) is 14.2 Å². The highest BCUT2D eigenvalue weighted by atomic mass is 16.6. The molecule has 8 nitrogen and oxygen atoms in total. The number of anilines is 1. The second-order valence-corrected chi connectivity index (χ2v) is 4.66. The minimum absolute atomic E-state index is 0.0830. The first-order valence-electron chi connectivity index (χ1n) is 7.12. The smallest absolute Gasteiger partial charge is 0.333 e. The summed E-state index contributed by atoms with van der Waals surface area (Å²) in [5.41, 5.74) is 0.614. The number of methoxy groups -OCH3 is 1. The average molecular weight is 300 g/mol. The average Bonchev–Trinajstić information content (AvgIpc) is 2.74. The van der Waals surface area contributed by atoms with Gasteiger partial charge in [0.25, 0.3) is 0 Å². The molecule has 0 aliphatic carbocycles. The first-order chi connectivity index (χ1) is 10.1. The van der Waals surface area contributed by atoms with Crippen molar-refractivity contribution in [3.8, 4) is 0 Å². The number of nitrogens with zero attached hydrogens (tertiary/aromatic N) is 3. The van der Waals surface area contributed by atoms with Crippen LogP contribution in [0.5, 0.6) is 0 Å². The molecule has 0 bridgehead atoms. The highest BCUT2D eigenvalue weighted by Gasteiger charge is 2.25. The number of ether oxygens (including phenoxy) is 2. The molecule has 0 atom stereocenters. The number of nitro groups is 1. The highest BCUT2D eigenvalue weighted by Crippen LogP contribution is 2.28. The first kappa shape index (κ1) is 17.4. The molecule has 0 aromatic carbocycles. The lowest BCUT2D eigenvalue weighted by molar-refractivity contribution is -0.384. The Hall–Kier alpha value is -1.67. The van der Waals surface area contributed by atoms with Crippen LogP contribution in [0.15, 0.2) is 0 Å².